The summed E-state index contributed by atoms with van der Waals surface area (Å²) in [5.74, 6) is 0.917. The number of methoxy groups -OCH3 is 1. The first-order valence-corrected chi connectivity index (χ1v) is 8.79. The van der Waals surface area contributed by atoms with Crippen molar-refractivity contribution < 1.29 is 9.47 Å². The minimum Gasteiger partial charge on any atom is -0.385 e. The summed E-state index contributed by atoms with van der Waals surface area (Å²) >= 11 is 0. The van der Waals surface area contributed by atoms with Crippen LogP contribution >= 0.6 is 0 Å². The van der Waals surface area contributed by atoms with E-state index in [2.05, 4.69) is 33.0 Å². The first-order chi connectivity index (χ1) is 9.91. The lowest BCUT2D eigenvalue weighted by Gasteiger charge is -2.42. The Kier molecular flexibility index (Phi) is 8.22. The standard InChI is InChI=1S/C18H37NO2/c1-6-8-16-9-11-18(12-10-16,15-19-17(2,3)4)21-14-7-13-20-5/h16,19H,6-15H2,1-5H3. The van der Waals surface area contributed by atoms with Gasteiger partial charge in [0.05, 0.1) is 5.60 Å². The minimum absolute atomic E-state index is 0.0469. The smallest absolute Gasteiger partial charge is 0.0806 e. The summed E-state index contributed by atoms with van der Waals surface area (Å²) < 4.78 is 11.5. The summed E-state index contributed by atoms with van der Waals surface area (Å²) in [5.41, 5.74) is 0.203. The monoisotopic (exact) mass is 299 g/mol. The van der Waals surface area contributed by atoms with Crippen LogP contribution in [0.3, 0.4) is 0 Å². The molecule has 0 atom stereocenters. The van der Waals surface area contributed by atoms with E-state index in [0.29, 0.717) is 0 Å². The molecule has 1 fully saturated rings. The molecular formula is C18H37NO2. The molecule has 0 amide bonds. The van der Waals surface area contributed by atoms with Gasteiger partial charge in [0.1, 0.15) is 0 Å². The van der Waals surface area contributed by atoms with Gasteiger partial charge in [-0.3, -0.25) is 0 Å². The molecule has 0 aromatic heterocycles. The molecule has 0 radical (unpaired) electrons. The van der Waals surface area contributed by atoms with E-state index < -0.39 is 0 Å². The maximum Gasteiger partial charge on any atom is 0.0806 e. The predicted molar refractivity (Wildman–Crippen MR) is 89.8 cm³/mol. The second kappa shape index (κ2) is 9.12. The molecule has 0 unspecified atom stereocenters. The first kappa shape index (κ1) is 18.9. The molecule has 126 valence electrons. The van der Waals surface area contributed by atoms with Crippen molar-refractivity contribution in [1.29, 1.82) is 0 Å². The van der Waals surface area contributed by atoms with Crippen LogP contribution < -0.4 is 5.32 Å². The third kappa shape index (κ3) is 7.62. The Labute approximate surface area is 132 Å². The highest BCUT2D eigenvalue weighted by Gasteiger charge is 2.36. The van der Waals surface area contributed by atoms with Crippen LogP contribution in [0, 0.1) is 5.92 Å². The molecule has 0 spiro atoms. The van der Waals surface area contributed by atoms with Gasteiger partial charge in [0.2, 0.25) is 0 Å². The van der Waals surface area contributed by atoms with Gasteiger partial charge in [-0.25, -0.2) is 0 Å². The highest BCUT2D eigenvalue weighted by molar-refractivity contribution is 4.91. The van der Waals surface area contributed by atoms with Gasteiger partial charge in [0.15, 0.2) is 0 Å². The third-order valence-electron chi connectivity index (χ3n) is 4.56. The molecule has 0 aliphatic heterocycles. The lowest BCUT2D eigenvalue weighted by Crippen LogP contribution is -2.51. The summed E-state index contributed by atoms with van der Waals surface area (Å²) in [7, 11) is 1.76. The van der Waals surface area contributed by atoms with Gasteiger partial charge in [-0.05, 0) is 58.8 Å². The quantitative estimate of drug-likeness (QED) is 0.649. The molecule has 21 heavy (non-hydrogen) atoms. The predicted octanol–water partition coefficient (Wildman–Crippen LogP) is 4.16. The molecule has 1 aliphatic rings. The fourth-order valence-electron chi connectivity index (χ4n) is 3.19. The Bertz CT molecular complexity index is 259. The van der Waals surface area contributed by atoms with Gasteiger partial charge in [-0.2, -0.15) is 0 Å². The molecule has 1 rings (SSSR count). The Morgan fingerprint density at radius 1 is 1.14 bits per heavy atom. The Morgan fingerprint density at radius 3 is 2.33 bits per heavy atom. The largest absolute Gasteiger partial charge is 0.385 e. The van der Waals surface area contributed by atoms with Crippen molar-refractivity contribution in [1.82, 2.24) is 5.32 Å². The van der Waals surface area contributed by atoms with Gasteiger partial charge in [-0.1, -0.05) is 19.8 Å². The van der Waals surface area contributed by atoms with Crippen molar-refractivity contribution in [3.05, 3.63) is 0 Å². The zero-order valence-electron chi connectivity index (χ0n) is 15.0. The van der Waals surface area contributed by atoms with Crippen molar-refractivity contribution in [2.45, 2.75) is 83.8 Å². The van der Waals surface area contributed by atoms with E-state index >= 15 is 0 Å². The molecule has 0 heterocycles. The Morgan fingerprint density at radius 2 is 1.81 bits per heavy atom. The topological polar surface area (TPSA) is 30.5 Å². The first-order valence-electron chi connectivity index (χ1n) is 8.79. The molecular weight excluding hydrogens is 262 g/mol. The van der Waals surface area contributed by atoms with Crippen LogP contribution in [-0.4, -0.2) is 38.0 Å². The van der Waals surface area contributed by atoms with Crippen molar-refractivity contribution in [2.75, 3.05) is 26.9 Å². The van der Waals surface area contributed by atoms with Crippen LogP contribution in [0.5, 0.6) is 0 Å². The molecule has 0 saturated heterocycles. The Balaban J connectivity index is 2.50. The second-order valence-electron chi connectivity index (χ2n) is 7.71. The van der Waals surface area contributed by atoms with Crippen LogP contribution in [0.4, 0.5) is 0 Å². The number of hydrogen-bond acceptors (Lipinski definition) is 3. The van der Waals surface area contributed by atoms with E-state index in [4.69, 9.17) is 9.47 Å². The minimum atomic E-state index is 0.0469. The number of hydrogen-bond donors (Lipinski definition) is 1. The van der Waals surface area contributed by atoms with Crippen LogP contribution in [0.1, 0.15) is 72.6 Å². The fraction of sp³-hybridized carbons (Fsp3) is 1.00. The van der Waals surface area contributed by atoms with E-state index in [0.717, 1.165) is 32.1 Å². The second-order valence-corrected chi connectivity index (χ2v) is 7.71. The van der Waals surface area contributed by atoms with Crippen LogP contribution in [-0.2, 0) is 9.47 Å². The third-order valence-corrected chi connectivity index (χ3v) is 4.56. The van der Waals surface area contributed by atoms with Crippen molar-refractivity contribution in [3.8, 4) is 0 Å². The molecule has 0 bridgehead atoms. The van der Waals surface area contributed by atoms with Gasteiger partial charge in [0, 0.05) is 32.4 Å². The van der Waals surface area contributed by atoms with Crippen molar-refractivity contribution in [3.63, 3.8) is 0 Å². The average molecular weight is 299 g/mol. The molecule has 0 aromatic rings. The number of nitrogens with one attached hydrogen (secondary N) is 1. The lowest BCUT2D eigenvalue weighted by molar-refractivity contribution is -0.0833. The zero-order valence-corrected chi connectivity index (χ0v) is 15.0. The summed E-state index contributed by atoms with van der Waals surface area (Å²) in [6, 6.07) is 0. The van der Waals surface area contributed by atoms with Crippen LogP contribution in [0.2, 0.25) is 0 Å². The Hall–Kier alpha value is -0.120. The number of rotatable bonds is 9. The van der Waals surface area contributed by atoms with E-state index in [1.54, 1.807) is 7.11 Å². The summed E-state index contributed by atoms with van der Waals surface area (Å²) in [6.07, 6.45) is 8.74. The van der Waals surface area contributed by atoms with E-state index in [1.165, 1.54) is 38.5 Å². The normalized spacial score (nSPS) is 27.0. The van der Waals surface area contributed by atoms with Gasteiger partial charge in [0.25, 0.3) is 0 Å². The maximum absolute atomic E-state index is 6.35. The van der Waals surface area contributed by atoms with E-state index in [1.807, 2.05) is 0 Å². The van der Waals surface area contributed by atoms with Crippen molar-refractivity contribution >= 4 is 0 Å². The highest BCUT2D eigenvalue weighted by Crippen LogP contribution is 2.37. The van der Waals surface area contributed by atoms with Crippen LogP contribution in [0.25, 0.3) is 0 Å². The van der Waals surface area contributed by atoms with Gasteiger partial charge in [-0.15, -0.1) is 0 Å². The molecule has 3 nitrogen and oxygen atoms in total. The SMILES string of the molecule is CCCC1CCC(CNC(C)(C)C)(OCCCOC)CC1. The average Bonchev–Trinajstić information content (AvgIpc) is 2.44. The molecule has 0 aromatic carbocycles. The van der Waals surface area contributed by atoms with Crippen molar-refractivity contribution in [2.24, 2.45) is 5.92 Å². The van der Waals surface area contributed by atoms with Gasteiger partial charge >= 0.3 is 0 Å². The summed E-state index contributed by atoms with van der Waals surface area (Å²) in [5, 5.41) is 3.66. The highest BCUT2D eigenvalue weighted by atomic mass is 16.5. The molecule has 1 saturated carbocycles. The molecule has 1 aliphatic carbocycles. The van der Waals surface area contributed by atoms with E-state index in [9.17, 15) is 0 Å². The molecule has 1 N–H and O–H groups in total. The summed E-state index contributed by atoms with van der Waals surface area (Å²) in [4.78, 5) is 0. The molecule has 3 heteroatoms. The van der Waals surface area contributed by atoms with Crippen LogP contribution in [0.15, 0.2) is 0 Å². The number of ether oxygens (including phenoxy) is 2. The summed E-state index contributed by atoms with van der Waals surface area (Å²) in [6.45, 7) is 11.6. The van der Waals surface area contributed by atoms with E-state index in [-0.39, 0.29) is 11.1 Å². The lowest BCUT2D eigenvalue weighted by atomic mass is 9.76. The fourth-order valence-corrected chi connectivity index (χ4v) is 3.19. The van der Waals surface area contributed by atoms with Gasteiger partial charge < -0.3 is 14.8 Å². The zero-order chi connectivity index (χ0) is 15.8. The maximum atomic E-state index is 6.35.